The highest BCUT2D eigenvalue weighted by Crippen LogP contribution is 1.80. The Labute approximate surface area is 48.8 Å². The molecule has 0 unspecified atom stereocenters. The summed E-state index contributed by atoms with van der Waals surface area (Å²) in [7, 11) is 0. The monoisotopic (exact) mass is 118 g/mol. The standard InChI is InChI=1S/C4H6S2/c5-3-1-2-4-6/h1-6H/b3-1+,4-2+. The van der Waals surface area contributed by atoms with Crippen LogP contribution in [-0.2, 0) is 0 Å². The molecule has 0 saturated heterocycles. The molecular formula is C4H6S2. The third kappa shape index (κ3) is 4.18. The Morgan fingerprint density at radius 2 is 1.17 bits per heavy atom. The molecule has 0 amide bonds. The summed E-state index contributed by atoms with van der Waals surface area (Å²) in [4.78, 5) is 0. The summed E-state index contributed by atoms with van der Waals surface area (Å²) in [5, 5.41) is 3.29. The van der Waals surface area contributed by atoms with Gasteiger partial charge in [-0.25, -0.2) is 0 Å². The van der Waals surface area contributed by atoms with E-state index in [2.05, 4.69) is 25.3 Å². The van der Waals surface area contributed by atoms with E-state index in [-0.39, 0.29) is 0 Å². The molecule has 0 aliphatic rings. The van der Waals surface area contributed by atoms with Crippen molar-refractivity contribution in [2.75, 3.05) is 0 Å². The highest BCUT2D eigenvalue weighted by molar-refractivity contribution is 7.83. The quantitative estimate of drug-likeness (QED) is 0.381. The Hall–Kier alpha value is 0.180. The van der Waals surface area contributed by atoms with Gasteiger partial charge in [0.1, 0.15) is 0 Å². The zero-order chi connectivity index (χ0) is 4.83. The lowest BCUT2D eigenvalue weighted by atomic mass is 10.6. The molecule has 0 heterocycles. The van der Waals surface area contributed by atoms with Crippen molar-refractivity contribution < 1.29 is 0 Å². The Morgan fingerprint density at radius 3 is 1.33 bits per heavy atom. The van der Waals surface area contributed by atoms with Crippen molar-refractivity contribution in [1.29, 1.82) is 0 Å². The number of thiol groups is 2. The molecular weight excluding hydrogens is 112 g/mol. The average molecular weight is 118 g/mol. The topological polar surface area (TPSA) is 0 Å². The normalized spacial score (nSPS) is 11.7. The van der Waals surface area contributed by atoms with Gasteiger partial charge in [0.2, 0.25) is 0 Å². The van der Waals surface area contributed by atoms with E-state index in [9.17, 15) is 0 Å². The number of rotatable bonds is 1. The maximum Gasteiger partial charge on any atom is -0.0324 e. The molecule has 0 rings (SSSR count). The zero-order valence-electron chi connectivity index (χ0n) is 3.20. The molecule has 0 aliphatic carbocycles. The molecule has 0 aliphatic heterocycles. The first kappa shape index (κ1) is 6.18. The molecule has 0 saturated carbocycles. The zero-order valence-corrected chi connectivity index (χ0v) is 4.99. The molecule has 0 aromatic rings. The van der Waals surface area contributed by atoms with Gasteiger partial charge >= 0.3 is 0 Å². The van der Waals surface area contributed by atoms with Crippen LogP contribution in [0.5, 0.6) is 0 Å². The fraction of sp³-hybridized carbons (Fsp3) is 0. The van der Waals surface area contributed by atoms with Crippen LogP contribution in [0.25, 0.3) is 0 Å². The maximum absolute atomic E-state index is 3.79. The molecule has 0 aromatic heterocycles. The molecule has 2 heteroatoms. The lowest BCUT2D eigenvalue weighted by Gasteiger charge is -1.61. The number of allylic oxidation sites excluding steroid dienone is 2. The number of hydrogen-bond donors (Lipinski definition) is 2. The highest BCUT2D eigenvalue weighted by atomic mass is 32.1. The molecule has 0 nitrogen and oxygen atoms in total. The van der Waals surface area contributed by atoms with Gasteiger partial charge in [0.15, 0.2) is 0 Å². The largest absolute Gasteiger partial charge is 0.151 e. The minimum absolute atomic E-state index is 1.65. The van der Waals surface area contributed by atoms with Gasteiger partial charge < -0.3 is 0 Å². The molecule has 6 heavy (non-hydrogen) atoms. The molecule has 0 spiro atoms. The first-order chi connectivity index (χ1) is 2.91. The highest BCUT2D eigenvalue weighted by Gasteiger charge is 1.49. The van der Waals surface area contributed by atoms with Crippen LogP contribution in [0.1, 0.15) is 0 Å². The molecule has 0 aromatic carbocycles. The van der Waals surface area contributed by atoms with Crippen molar-refractivity contribution in [3.05, 3.63) is 23.0 Å². The van der Waals surface area contributed by atoms with E-state index in [0.717, 1.165) is 0 Å². The summed E-state index contributed by atoms with van der Waals surface area (Å²) in [6.07, 6.45) is 3.58. The molecule has 0 N–H and O–H groups in total. The second-order valence-electron chi connectivity index (χ2n) is 0.683. The van der Waals surface area contributed by atoms with Crippen LogP contribution >= 0.6 is 25.3 Å². The van der Waals surface area contributed by atoms with Crippen molar-refractivity contribution >= 4 is 25.3 Å². The summed E-state index contributed by atoms with van der Waals surface area (Å²) in [5.41, 5.74) is 0. The maximum atomic E-state index is 3.79. The van der Waals surface area contributed by atoms with Gasteiger partial charge in [-0.3, -0.25) is 0 Å². The smallest absolute Gasteiger partial charge is 0.0324 e. The Kier molecular flexibility index (Phi) is 5.34. The average Bonchev–Trinajstić information content (AvgIpc) is 1.61. The van der Waals surface area contributed by atoms with Crippen LogP contribution in [0.4, 0.5) is 0 Å². The van der Waals surface area contributed by atoms with E-state index in [1.807, 2.05) is 0 Å². The number of hydrogen-bond acceptors (Lipinski definition) is 2. The van der Waals surface area contributed by atoms with Crippen molar-refractivity contribution in [2.45, 2.75) is 0 Å². The summed E-state index contributed by atoms with van der Waals surface area (Å²) in [6.45, 7) is 0. The van der Waals surface area contributed by atoms with Crippen LogP contribution in [0.2, 0.25) is 0 Å². The molecule has 0 bridgehead atoms. The van der Waals surface area contributed by atoms with Crippen LogP contribution in [0.3, 0.4) is 0 Å². The van der Waals surface area contributed by atoms with E-state index < -0.39 is 0 Å². The predicted molar refractivity (Wildman–Crippen MR) is 36.3 cm³/mol. The van der Waals surface area contributed by atoms with Gasteiger partial charge in [0, 0.05) is 0 Å². The van der Waals surface area contributed by atoms with Crippen molar-refractivity contribution in [3.8, 4) is 0 Å². The predicted octanol–water partition coefficient (Wildman–Crippen LogP) is 1.87. The van der Waals surface area contributed by atoms with Gasteiger partial charge in [-0.2, -0.15) is 25.3 Å². The Bertz CT molecular complexity index is 53.9. The Balaban J connectivity index is 3.07. The first-order valence-corrected chi connectivity index (χ1v) is 2.55. The molecule has 0 radical (unpaired) electrons. The van der Waals surface area contributed by atoms with E-state index in [1.165, 1.54) is 0 Å². The van der Waals surface area contributed by atoms with Crippen LogP contribution in [-0.4, -0.2) is 0 Å². The van der Waals surface area contributed by atoms with E-state index in [4.69, 9.17) is 0 Å². The summed E-state index contributed by atoms with van der Waals surface area (Å²) < 4.78 is 0. The molecule has 0 fully saturated rings. The van der Waals surface area contributed by atoms with Crippen molar-refractivity contribution in [1.82, 2.24) is 0 Å². The summed E-state index contributed by atoms with van der Waals surface area (Å²) >= 11 is 7.58. The van der Waals surface area contributed by atoms with Gasteiger partial charge in [-0.1, -0.05) is 12.2 Å². The minimum Gasteiger partial charge on any atom is -0.151 e. The first-order valence-electron chi connectivity index (χ1n) is 1.52. The lowest BCUT2D eigenvalue weighted by molar-refractivity contribution is 2.11. The van der Waals surface area contributed by atoms with Gasteiger partial charge in [0.25, 0.3) is 0 Å². The van der Waals surface area contributed by atoms with Gasteiger partial charge in [-0.15, -0.1) is 0 Å². The van der Waals surface area contributed by atoms with Crippen LogP contribution < -0.4 is 0 Å². The Morgan fingerprint density at radius 1 is 0.833 bits per heavy atom. The van der Waals surface area contributed by atoms with E-state index >= 15 is 0 Å². The minimum atomic E-state index is 1.65. The van der Waals surface area contributed by atoms with Crippen LogP contribution in [0, 0.1) is 0 Å². The summed E-state index contributed by atoms with van der Waals surface area (Å²) in [6, 6.07) is 0. The van der Waals surface area contributed by atoms with Crippen molar-refractivity contribution in [2.24, 2.45) is 0 Å². The third-order valence-electron chi connectivity index (χ3n) is 0.283. The third-order valence-corrected chi connectivity index (χ3v) is 0.628. The molecule has 0 atom stereocenters. The fourth-order valence-corrected chi connectivity index (χ4v) is 0.298. The second-order valence-corrected chi connectivity index (χ2v) is 1.28. The summed E-state index contributed by atoms with van der Waals surface area (Å²) in [5.74, 6) is 0. The lowest BCUT2D eigenvalue weighted by Crippen LogP contribution is -1.34. The van der Waals surface area contributed by atoms with E-state index in [0.29, 0.717) is 0 Å². The van der Waals surface area contributed by atoms with Crippen molar-refractivity contribution in [3.63, 3.8) is 0 Å². The molecule has 34 valence electrons. The second kappa shape index (κ2) is 5.18. The van der Waals surface area contributed by atoms with Gasteiger partial charge in [0.05, 0.1) is 0 Å². The van der Waals surface area contributed by atoms with E-state index in [1.54, 1.807) is 23.0 Å². The van der Waals surface area contributed by atoms with Crippen LogP contribution in [0.15, 0.2) is 23.0 Å². The van der Waals surface area contributed by atoms with Gasteiger partial charge in [-0.05, 0) is 10.8 Å². The fourth-order valence-electron chi connectivity index (χ4n) is 0.0994. The SMILES string of the molecule is S/C=C/C=C/S.